The van der Waals surface area contributed by atoms with E-state index in [0.717, 1.165) is 61.3 Å². The van der Waals surface area contributed by atoms with Crippen LogP contribution in [0.2, 0.25) is 0 Å². The Morgan fingerprint density at radius 2 is 2.22 bits per heavy atom. The van der Waals surface area contributed by atoms with Gasteiger partial charge in [0.15, 0.2) is 5.69 Å². The summed E-state index contributed by atoms with van der Waals surface area (Å²) in [5.41, 5.74) is 7.51. The van der Waals surface area contributed by atoms with Crippen LogP contribution in [0.4, 0.5) is 0 Å². The number of nitrogens with zero attached hydrogens (tertiary/aromatic N) is 2. The van der Waals surface area contributed by atoms with Crippen molar-refractivity contribution in [3.05, 3.63) is 45.5 Å². The average molecular weight is 311 g/mol. The van der Waals surface area contributed by atoms with Crippen LogP contribution in [0.5, 0.6) is 0 Å². The topological polar surface area (TPSA) is 82.7 Å². The number of nitrogens with one attached hydrogen (secondary N) is 3. The van der Waals surface area contributed by atoms with Gasteiger partial charge in [-0.05, 0) is 55.8 Å². The second-order valence-electron chi connectivity index (χ2n) is 6.32. The van der Waals surface area contributed by atoms with Gasteiger partial charge in [-0.25, -0.2) is 0 Å². The highest BCUT2D eigenvalue weighted by molar-refractivity contribution is 5.94. The van der Waals surface area contributed by atoms with Gasteiger partial charge in [0.25, 0.3) is 5.91 Å². The molecule has 0 unspecified atom stereocenters. The third-order valence-electron chi connectivity index (χ3n) is 4.92. The molecule has 0 aromatic carbocycles. The largest absolute Gasteiger partial charge is 0.346 e. The number of aryl methyl sites for hydroxylation is 2. The minimum atomic E-state index is -0.0877. The molecule has 0 fully saturated rings. The molecule has 2 aromatic rings. The average Bonchev–Trinajstić information content (AvgIpc) is 3.17. The summed E-state index contributed by atoms with van der Waals surface area (Å²) in [6.45, 7) is 4.36. The number of H-pyrrole nitrogens is 1. The highest BCUT2D eigenvalue weighted by atomic mass is 16.1. The van der Waals surface area contributed by atoms with E-state index in [0.29, 0.717) is 12.2 Å². The third kappa shape index (κ3) is 2.53. The fraction of sp³-hybridized carbons (Fsp3) is 0.471. The molecule has 120 valence electrons. The summed E-state index contributed by atoms with van der Waals surface area (Å²) >= 11 is 0. The summed E-state index contributed by atoms with van der Waals surface area (Å²) < 4.78 is 0. The van der Waals surface area contributed by atoms with Gasteiger partial charge in [-0.3, -0.25) is 14.9 Å². The van der Waals surface area contributed by atoms with E-state index >= 15 is 0 Å². The number of fused-ring (bicyclic) bond motifs is 2. The third-order valence-corrected chi connectivity index (χ3v) is 4.92. The SMILES string of the molecule is Cc1ncc2c(c1CNC(=O)c1n[nH]c3c1CCC3)CCNC2. The van der Waals surface area contributed by atoms with E-state index in [-0.39, 0.29) is 5.91 Å². The van der Waals surface area contributed by atoms with Crippen LogP contribution in [0.1, 0.15) is 50.6 Å². The quantitative estimate of drug-likeness (QED) is 0.795. The van der Waals surface area contributed by atoms with Crippen molar-refractivity contribution in [1.82, 2.24) is 25.8 Å². The van der Waals surface area contributed by atoms with E-state index in [1.165, 1.54) is 11.1 Å². The predicted molar refractivity (Wildman–Crippen MR) is 86.2 cm³/mol. The molecule has 0 radical (unpaired) electrons. The number of hydrogen-bond donors (Lipinski definition) is 3. The first-order valence-corrected chi connectivity index (χ1v) is 8.25. The monoisotopic (exact) mass is 311 g/mol. The van der Waals surface area contributed by atoms with Gasteiger partial charge in [0, 0.05) is 36.2 Å². The van der Waals surface area contributed by atoms with E-state index in [4.69, 9.17) is 0 Å². The summed E-state index contributed by atoms with van der Waals surface area (Å²) in [5.74, 6) is -0.0877. The highest BCUT2D eigenvalue weighted by Gasteiger charge is 2.23. The first-order valence-electron chi connectivity index (χ1n) is 8.25. The summed E-state index contributed by atoms with van der Waals surface area (Å²) in [7, 11) is 0. The fourth-order valence-electron chi connectivity index (χ4n) is 3.64. The summed E-state index contributed by atoms with van der Waals surface area (Å²) in [5, 5.41) is 13.6. The maximum Gasteiger partial charge on any atom is 0.272 e. The van der Waals surface area contributed by atoms with Gasteiger partial charge in [0.05, 0.1) is 0 Å². The van der Waals surface area contributed by atoms with Crippen LogP contribution in [0.15, 0.2) is 6.20 Å². The van der Waals surface area contributed by atoms with Crippen molar-refractivity contribution in [2.45, 2.75) is 45.7 Å². The number of aromatic nitrogens is 3. The standard InChI is InChI=1S/C17H21N5O/c1-10-14(12-5-6-18-7-11(12)8-19-10)9-20-17(23)16-13-3-2-4-15(13)21-22-16/h8,18H,2-7,9H2,1H3,(H,20,23)(H,21,22). The van der Waals surface area contributed by atoms with Crippen LogP contribution in [0, 0.1) is 6.92 Å². The molecule has 3 heterocycles. The normalized spacial score (nSPS) is 16.0. The van der Waals surface area contributed by atoms with Gasteiger partial charge in [-0.15, -0.1) is 0 Å². The maximum absolute atomic E-state index is 12.5. The molecule has 23 heavy (non-hydrogen) atoms. The maximum atomic E-state index is 12.5. The van der Waals surface area contributed by atoms with Crippen LogP contribution < -0.4 is 10.6 Å². The molecule has 2 aliphatic rings. The number of hydrogen-bond acceptors (Lipinski definition) is 4. The number of pyridine rings is 1. The van der Waals surface area contributed by atoms with Crippen molar-refractivity contribution in [2.24, 2.45) is 0 Å². The van der Waals surface area contributed by atoms with E-state index in [9.17, 15) is 4.79 Å². The smallest absolute Gasteiger partial charge is 0.272 e. The Labute approximate surface area is 135 Å². The number of amides is 1. The van der Waals surface area contributed by atoms with Crippen molar-refractivity contribution in [1.29, 1.82) is 0 Å². The lowest BCUT2D eigenvalue weighted by Gasteiger charge is -2.21. The van der Waals surface area contributed by atoms with Crippen molar-refractivity contribution >= 4 is 5.91 Å². The zero-order valence-electron chi connectivity index (χ0n) is 13.3. The van der Waals surface area contributed by atoms with E-state index in [1.807, 2.05) is 13.1 Å². The molecule has 1 amide bonds. The Hall–Kier alpha value is -2.21. The fourth-order valence-corrected chi connectivity index (χ4v) is 3.64. The van der Waals surface area contributed by atoms with Crippen LogP contribution in [-0.4, -0.2) is 27.6 Å². The summed E-state index contributed by atoms with van der Waals surface area (Å²) in [6.07, 6.45) is 5.98. The second kappa shape index (κ2) is 5.77. The van der Waals surface area contributed by atoms with Gasteiger partial charge < -0.3 is 10.6 Å². The first kappa shape index (κ1) is 14.4. The molecule has 0 bridgehead atoms. The molecule has 3 N–H and O–H groups in total. The number of aromatic amines is 1. The number of carbonyl (C=O) groups excluding carboxylic acids is 1. The highest BCUT2D eigenvalue weighted by Crippen LogP contribution is 2.23. The lowest BCUT2D eigenvalue weighted by Crippen LogP contribution is -2.29. The van der Waals surface area contributed by atoms with Crippen molar-refractivity contribution in [2.75, 3.05) is 6.54 Å². The number of carbonyl (C=O) groups is 1. The van der Waals surface area contributed by atoms with Gasteiger partial charge in [0.2, 0.25) is 0 Å². The minimum absolute atomic E-state index is 0.0877. The summed E-state index contributed by atoms with van der Waals surface area (Å²) in [6, 6.07) is 0. The lowest BCUT2D eigenvalue weighted by molar-refractivity contribution is 0.0945. The molecular formula is C17H21N5O. The zero-order chi connectivity index (χ0) is 15.8. The second-order valence-corrected chi connectivity index (χ2v) is 6.32. The van der Waals surface area contributed by atoms with Gasteiger partial charge in [-0.2, -0.15) is 5.10 Å². The zero-order valence-corrected chi connectivity index (χ0v) is 13.3. The van der Waals surface area contributed by atoms with E-state index in [2.05, 4.69) is 25.8 Å². The molecule has 0 spiro atoms. The molecule has 6 nitrogen and oxygen atoms in total. The molecular weight excluding hydrogens is 290 g/mol. The molecule has 4 rings (SSSR count). The molecule has 0 saturated carbocycles. The van der Waals surface area contributed by atoms with Crippen molar-refractivity contribution in [3.8, 4) is 0 Å². The Kier molecular flexibility index (Phi) is 3.61. The molecule has 2 aromatic heterocycles. The first-order chi connectivity index (χ1) is 11.2. The Balaban J connectivity index is 1.54. The van der Waals surface area contributed by atoms with Gasteiger partial charge in [-0.1, -0.05) is 0 Å². The van der Waals surface area contributed by atoms with Gasteiger partial charge in [0.1, 0.15) is 0 Å². The molecule has 1 aliphatic carbocycles. The predicted octanol–water partition coefficient (Wildman–Crippen LogP) is 1.18. The van der Waals surface area contributed by atoms with Crippen LogP contribution >= 0.6 is 0 Å². The van der Waals surface area contributed by atoms with Crippen LogP contribution in [0.3, 0.4) is 0 Å². The minimum Gasteiger partial charge on any atom is -0.346 e. The molecule has 6 heteroatoms. The van der Waals surface area contributed by atoms with Crippen molar-refractivity contribution < 1.29 is 4.79 Å². The Morgan fingerprint density at radius 3 is 3.13 bits per heavy atom. The Bertz CT molecular complexity index is 765. The summed E-state index contributed by atoms with van der Waals surface area (Å²) in [4.78, 5) is 17.0. The number of rotatable bonds is 3. The molecule has 0 atom stereocenters. The van der Waals surface area contributed by atoms with E-state index < -0.39 is 0 Å². The molecule has 0 saturated heterocycles. The van der Waals surface area contributed by atoms with Gasteiger partial charge >= 0.3 is 0 Å². The van der Waals surface area contributed by atoms with Crippen molar-refractivity contribution in [3.63, 3.8) is 0 Å². The molecule has 1 aliphatic heterocycles. The van der Waals surface area contributed by atoms with E-state index in [1.54, 1.807) is 0 Å². The van der Waals surface area contributed by atoms with Crippen LogP contribution in [-0.2, 0) is 32.4 Å². The van der Waals surface area contributed by atoms with Crippen LogP contribution in [0.25, 0.3) is 0 Å². The Morgan fingerprint density at radius 1 is 1.30 bits per heavy atom. The lowest BCUT2D eigenvalue weighted by atomic mass is 9.96.